The highest BCUT2D eigenvalue weighted by Crippen LogP contribution is 2.29. The zero-order valence-electron chi connectivity index (χ0n) is 11.8. The molecule has 112 valence electrons. The molecule has 0 saturated heterocycles. The van der Waals surface area contributed by atoms with Gasteiger partial charge >= 0.3 is 0 Å². The lowest BCUT2D eigenvalue weighted by Crippen LogP contribution is -2.13. The SMILES string of the molecule is COc1ccc2nc(NCC(=O)c3ccc(Cl)cc3)sc2c1. The number of nitrogens with one attached hydrogen (secondary N) is 1. The molecule has 0 unspecified atom stereocenters. The van der Waals surface area contributed by atoms with E-state index in [0.29, 0.717) is 15.7 Å². The van der Waals surface area contributed by atoms with Gasteiger partial charge in [-0.1, -0.05) is 22.9 Å². The minimum Gasteiger partial charge on any atom is -0.497 e. The molecule has 22 heavy (non-hydrogen) atoms. The quantitative estimate of drug-likeness (QED) is 0.709. The number of aromatic nitrogens is 1. The molecular formula is C16H13ClN2O2S. The number of halogens is 1. The van der Waals surface area contributed by atoms with Gasteiger partial charge in [0.15, 0.2) is 10.9 Å². The molecule has 0 aliphatic heterocycles. The molecule has 0 spiro atoms. The molecule has 0 radical (unpaired) electrons. The van der Waals surface area contributed by atoms with E-state index in [1.807, 2.05) is 18.2 Å². The Morgan fingerprint density at radius 2 is 2.05 bits per heavy atom. The van der Waals surface area contributed by atoms with Crippen molar-refractivity contribution in [1.29, 1.82) is 0 Å². The standard InChI is InChI=1S/C16H13ClN2O2S/c1-21-12-6-7-13-15(8-12)22-16(19-13)18-9-14(20)10-2-4-11(17)5-3-10/h2-8H,9H2,1H3,(H,18,19). The molecule has 2 aromatic carbocycles. The first kappa shape index (κ1) is 14.8. The highest BCUT2D eigenvalue weighted by atomic mass is 35.5. The summed E-state index contributed by atoms with van der Waals surface area (Å²) in [6.45, 7) is 0.193. The van der Waals surface area contributed by atoms with E-state index in [2.05, 4.69) is 10.3 Å². The molecule has 0 atom stereocenters. The molecule has 1 N–H and O–H groups in total. The Bertz CT molecular complexity index is 815. The second-order valence-electron chi connectivity index (χ2n) is 4.64. The number of nitrogens with zero attached hydrogens (tertiary/aromatic N) is 1. The first-order valence-electron chi connectivity index (χ1n) is 6.63. The molecule has 3 rings (SSSR count). The van der Waals surface area contributed by atoms with E-state index in [-0.39, 0.29) is 12.3 Å². The monoisotopic (exact) mass is 332 g/mol. The molecule has 0 bridgehead atoms. The van der Waals surface area contributed by atoms with Gasteiger partial charge in [-0.05, 0) is 42.5 Å². The Kier molecular flexibility index (Phi) is 4.27. The number of carbonyl (C=O) groups excluding carboxylic acids is 1. The van der Waals surface area contributed by atoms with Crippen molar-refractivity contribution in [3.05, 3.63) is 53.1 Å². The second kappa shape index (κ2) is 6.34. The smallest absolute Gasteiger partial charge is 0.184 e. The minimum atomic E-state index is -0.00602. The number of hydrogen-bond donors (Lipinski definition) is 1. The Balaban J connectivity index is 1.70. The van der Waals surface area contributed by atoms with E-state index in [1.54, 1.807) is 31.4 Å². The normalized spacial score (nSPS) is 10.6. The number of benzene rings is 2. The number of anilines is 1. The van der Waals surface area contributed by atoms with Crippen molar-refractivity contribution in [2.45, 2.75) is 0 Å². The first-order chi connectivity index (χ1) is 10.7. The molecule has 0 saturated carbocycles. The fraction of sp³-hybridized carbons (Fsp3) is 0.125. The summed E-state index contributed by atoms with van der Waals surface area (Å²) in [6, 6.07) is 12.5. The summed E-state index contributed by atoms with van der Waals surface area (Å²) in [4.78, 5) is 16.5. The van der Waals surface area contributed by atoms with E-state index < -0.39 is 0 Å². The minimum absolute atomic E-state index is 0.00602. The van der Waals surface area contributed by atoms with Gasteiger partial charge in [-0.2, -0.15) is 0 Å². The topological polar surface area (TPSA) is 51.2 Å². The van der Waals surface area contributed by atoms with Gasteiger partial charge in [-0.25, -0.2) is 4.98 Å². The Morgan fingerprint density at radius 1 is 1.27 bits per heavy atom. The molecule has 0 aliphatic carbocycles. The van der Waals surface area contributed by atoms with Crippen LogP contribution >= 0.6 is 22.9 Å². The van der Waals surface area contributed by atoms with Gasteiger partial charge in [0.2, 0.25) is 0 Å². The first-order valence-corrected chi connectivity index (χ1v) is 7.82. The van der Waals surface area contributed by atoms with Crippen molar-refractivity contribution >= 4 is 44.1 Å². The third-order valence-electron chi connectivity index (χ3n) is 3.16. The maximum absolute atomic E-state index is 12.1. The number of ketones is 1. The van der Waals surface area contributed by atoms with Gasteiger partial charge in [-0.3, -0.25) is 4.79 Å². The van der Waals surface area contributed by atoms with Crippen molar-refractivity contribution in [2.75, 3.05) is 19.0 Å². The third-order valence-corrected chi connectivity index (χ3v) is 4.39. The summed E-state index contributed by atoms with van der Waals surface area (Å²) < 4.78 is 6.21. The molecule has 0 aliphatic rings. The van der Waals surface area contributed by atoms with Crippen LogP contribution in [0.3, 0.4) is 0 Å². The lowest BCUT2D eigenvalue weighted by molar-refractivity contribution is 0.101. The number of thiazole rings is 1. The van der Waals surface area contributed by atoms with Gasteiger partial charge in [0.1, 0.15) is 5.75 Å². The summed E-state index contributed by atoms with van der Waals surface area (Å²) in [6.07, 6.45) is 0. The van der Waals surface area contributed by atoms with Gasteiger partial charge in [0, 0.05) is 10.6 Å². The molecule has 1 aromatic heterocycles. The van der Waals surface area contributed by atoms with Crippen LogP contribution in [0.2, 0.25) is 5.02 Å². The lowest BCUT2D eigenvalue weighted by atomic mass is 10.1. The molecule has 1 heterocycles. The van der Waals surface area contributed by atoms with E-state index in [9.17, 15) is 4.79 Å². The van der Waals surface area contributed by atoms with E-state index in [0.717, 1.165) is 16.0 Å². The summed E-state index contributed by atoms with van der Waals surface area (Å²) in [5.74, 6) is 0.786. The Hall–Kier alpha value is -2.11. The number of rotatable bonds is 5. The van der Waals surface area contributed by atoms with Crippen LogP contribution < -0.4 is 10.1 Å². The third kappa shape index (κ3) is 3.21. The second-order valence-corrected chi connectivity index (χ2v) is 6.10. The number of Topliss-reactive ketones (excluding diaryl/α,β-unsaturated/α-hetero) is 1. The maximum atomic E-state index is 12.1. The summed E-state index contributed by atoms with van der Waals surface area (Å²) in [7, 11) is 1.63. The van der Waals surface area contributed by atoms with Gasteiger partial charge in [-0.15, -0.1) is 0 Å². The number of hydrogen-bond acceptors (Lipinski definition) is 5. The zero-order chi connectivity index (χ0) is 15.5. The number of carbonyl (C=O) groups is 1. The largest absolute Gasteiger partial charge is 0.497 e. The lowest BCUT2D eigenvalue weighted by Gasteiger charge is -2.02. The fourth-order valence-electron chi connectivity index (χ4n) is 2.00. The van der Waals surface area contributed by atoms with Crippen molar-refractivity contribution in [2.24, 2.45) is 0 Å². The summed E-state index contributed by atoms with van der Waals surface area (Å²) in [5.41, 5.74) is 1.51. The molecular weight excluding hydrogens is 320 g/mol. The fourth-order valence-corrected chi connectivity index (χ4v) is 3.02. The van der Waals surface area contributed by atoms with Crippen LogP contribution in [-0.2, 0) is 0 Å². The van der Waals surface area contributed by atoms with E-state index in [4.69, 9.17) is 16.3 Å². The average molecular weight is 333 g/mol. The number of methoxy groups -OCH3 is 1. The molecule has 3 aromatic rings. The van der Waals surface area contributed by atoms with Crippen LogP contribution in [0.5, 0.6) is 5.75 Å². The van der Waals surface area contributed by atoms with Crippen molar-refractivity contribution < 1.29 is 9.53 Å². The zero-order valence-corrected chi connectivity index (χ0v) is 13.4. The number of ether oxygens (including phenoxy) is 1. The van der Waals surface area contributed by atoms with Crippen LogP contribution in [0.1, 0.15) is 10.4 Å². The van der Waals surface area contributed by atoms with Crippen molar-refractivity contribution in [3.63, 3.8) is 0 Å². The van der Waals surface area contributed by atoms with Gasteiger partial charge < -0.3 is 10.1 Å². The molecule has 4 nitrogen and oxygen atoms in total. The van der Waals surface area contributed by atoms with Crippen LogP contribution in [-0.4, -0.2) is 24.4 Å². The van der Waals surface area contributed by atoms with E-state index >= 15 is 0 Å². The predicted molar refractivity (Wildman–Crippen MR) is 90.4 cm³/mol. The maximum Gasteiger partial charge on any atom is 0.184 e. The molecule has 0 amide bonds. The highest BCUT2D eigenvalue weighted by Gasteiger charge is 2.08. The van der Waals surface area contributed by atoms with Gasteiger partial charge in [0.05, 0.1) is 23.9 Å². The Labute approximate surface area is 136 Å². The van der Waals surface area contributed by atoms with E-state index in [1.165, 1.54) is 11.3 Å². The van der Waals surface area contributed by atoms with Crippen LogP contribution in [0.15, 0.2) is 42.5 Å². The van der Waals surface area contributed by atoms with Crippen LogP contribution in [0.4, 0.5) is 5.13 Å². The molecule has 0 fully saturated rings. The molecule has 6 heteroatoms. The summed E-state index contributed by atoms with van der Waals surface area (Å²) >= 11 is 7.30. The predicted octanol–water partition coefficient (Wildman–Crippen LogP) is 4.25. The van der Waals surface area contributed by atoms with Crippen molar-refractivity contribution in [3.8, 4) is 5.75 Å². The Morgan fingerprint density at radius 3 is 2.77 bits per heavy atom. The number of fused-ring (bicyclic) bond motifs is 1. The summed E-state index contributed by atoms with van der Waals surface area (Å²) in [5, 5.41) is 4.40. The average Bonchev–Trinajstić information content (AvgIpc) is 2.95. The van der Waals surface area contributed by atoms with Crippen LogP contribution in [0.25, 0.3) is 10.2 Å². The highest BCUT2D eigenvalue weighted by molar-refractivity contribution is 7.22. The van der Waals surface area contributed by atoms with Crippen molar-refractivity contribution in [1.82, 2.24) is 4.98 Å². The van der Waals surface area contributed by atoms with Gasteiger partial charge in [0.25, 0.3) is 0 Å². The van der Waals surface area contributed by atoms with Crippen LogP contribution in [0, 0.1) is 0 Å².